The minimum Gasteiger partial charge on any atom is -0.345 e. The number of nitrogens with zero attached hydrogens (tertiary/aromatic N) is 6. The Morgan fingerprint density at radius 3 is 2.77 bits per heavy atom. The van der Waals surface area contributed by atoms with E-state index in [9.17, 15) is 9.59 Å². The lowest BCUT2D eigenvalue weighted by Crippen LogP contribution is -2.39. The van der Waals surface area contributed by atoms with E-state index in [1.807, 2.05) is 10.8 Å². The third-order valence-electron chi connectivity index (χ3n) is 5.04. The third-order valence-corrected chi connectivity index (χ3v) is 5.73. The zero-order valence-electron chi connectivity index (χ0n) is 16.4. The number of ether oxygens (including phenoxy) is 3. The van der Waals surface area contributed by atoms with E-state index in [-0.39, 0.29) is 0 Å². The SMILES string of the molecule is CSc1ncnc2c1ncn2C[C@H]1O[C@@H](n2ncc(=O)[nH]c2=O)[C@@H]2OC(C)(C)O[C@@H]21. The molecule has 4 atom stereocenters. The molecular weight excluding hydrogens is 414 g/mol. The number of nitrogens with one attached hydrogen (secondary N) is 1. The van der Waals surface area contributed by atoms with E-state index < -0.39 is 41.6 Å². The van der Waals surface area contributed by atoms with E-state index in [0.29, 0.717) is 17.7 Å². The monoisotopic (exact) mass is 433 g/mol. The quantitative estimate of drug-likeness (QED) is 0.439. The van der Waals surface area contributed by atoms with Gasteiger partial charge in [-0.2, -0.15) is 9.78 Å². The highest BCUT2D eigenvalue weighted by Crippen LogP contribution is 2.43. The Kier molecular flexibility index (Phi) is 4.50. The van der Waals surface area contributed by atoms with Gasteiger partial charge < -0.3 is 18.8 Å². The lowest BCUT2D eigenvalue weighted by molar-refractivity contribution is -0.200. The van der Waals surface area contributed by atoms with E-state index in [4.69, 9.17) is 14.2 Å². The van der Waals surface area contributed by atoms with Crippen molar-refractivity contribution in [3.05, 3.63) is 39.7 Å². The van der Waals surface area contributed by atoms with Gasteiger partial charge in [-0.15, -0.1) is 11.8 Å². The first-order valence-corrected chi connectivity index (χ1v) is 10.5. The maximum absolute atomic E-state index is 12.3. The van der Waals surface area contributed by atoms with Gasteiger partial charge in [-0.25, -0.2) is 19.7 Å². The Morgan fingerprint density at radius 1 is 1.20 bits per heavy atom. The van der Waals surface area contributed by atoms with Crippen LogP contribution in [0.25, 0.3) is 11.2 Å². The normalized spacial score (nSPS) is 27.6. The molecule has 3 aromatic heterocycles. The van der Waals surface area contributed by atoms with Crippen LogP contribution in [0.3, 0.4) is 0 Å². The number of fused-ring (bicyclic) bond motifs is 2. The number of imidazole rings is 1. The van der Waals surface area contributed by atoms with Crippen LogP contribution in [0.1, 0.15) is 20.1 Å². The minimum atomic E-state index is -0.855. The lowest BCUT2D eigenvalue weighted by Gasteiger charge is -2.24. The fraction of sp³-hybridized carbons (Fsp3) is 0.529. The Morgan fingerprint density at radius 2 is 2.00 bits per heavy atom. The van der Waals surface area contributed by atoms with Crippen molar-refractivity contribution in [3.63, 3.8) is 0 Å². The molecule has 0 aliphatic carbocycles. The zero-order chi connectivity index (χ0) is 21.0. The van der Waals surface area contributed by atoms with Gasteiger partial charge in [0.2, 0.25) is 0 Å². The molecule has 0 bridgehead atoms. The predicted octanol–water partition coefficient (Wildman–Crippen LogP) is -0.0891. The van der Waals surface area contributed by atoms with Crippen LogP contribution in [0.2, 0.25) is 0 Å². The fourth-order valence-electron chi connectivity index (χ4n) is 3.88. The van der Waals surface area contributed by atoms with Crippen LogP contribution in [0, 0.1) is 0 Å². The number of thioether (sulfide) groups is 1. The van der Waals surface area contributed by atoms with Gasteiger partial charge in [0.1, 0.15) is 41.4 Å². The molecule has 0 amide bonds. The lowest BCUT2D eigenvalue weighted by atomic mass is 10.1. The van der Waals surface area contributed by atoms with E-state index in [2.05, 4.69) is 25.0 Å². The van der Waals surface area contributed by atoms with Gasteiger partial charge in [-0.3, -0.25) is 9.78 Å². The number of aromatic nitrogens is 7. The minimum absolute atomic E-state index is 0.372. The highest BCUT2D eigenvalue weighted by Gasteiger charge is 2.56. The first-order valence-electron chi connectivity index (χ1n) is 9.25. The predicted molar refractivity (Wildman–Crippen MR) is 104 cm³/mol. The van der Waals surface area contributed by atoms with Crippen molar-refractivity contribution in [1.82, 2.24) is 34.3 Å². The molecule has 0 spiro atoms. The first kappa shape index (κ1) is 19.4. The Labute approximate surface area is 173 Å². The highest BCUT2D eigenvalue weighted by atomic mass is 32.2. The third kappa shape index (κ3) is 3.14. The van der Waals surface area contributed by atoms with Crippen molar-refractivity contribution in [2.24, 2.45) is 0 Å². The second-order valence-electron chi connectivity index (χ2n) is 7.47. The molecule has 30 heavy (non-hydrogen) atoms. The molecule has 0 aromatic carbocycles. The average molecular weight is 433 g/mol. The van der Waals surface area contributed by atoms with Crippen LogP contribution in [0.15, 0.2) is 33.5 Å². The molecule has 5 rings (SSSR count). The summed E-state index contributed by atoms with van der Waals surface area (Å²) in [5.41, 5.74) is 0.125. The second kappa shape index (κ2) is 6.97. The Hall–Kier alpha value is -2.61. The molecule has 2 fully saturated rings. The molecule has 2 saturated heterocycles. The van der Waals surface area contributed by atoms with Crippen LogP contribution in [0.4, 0.5) is 0 Å². The van der Waals surface area contributed by atoms with Crippen LogP contribution in [-0.2, 0) is 20.8 Å². The van der Waals surface area contributed by atoms with E-state index in [0.717, 1.165) is 15.9 Å². The molecule has 3 aromatic rings. The van der Waals surface area contributed by atoms with Crippen LogP contribution in [-0.4, -0.2) is 64.6 Å². The van der Waals surface area contributed by atoms with Gasteiger partial charge in [0.25, 0.3) is 5.56 Å². The number of H-pyrrole nitrogens is 1. The van der Waals surface area contributed by atoms with Gasteiger partial charge in [-0.05, 0) is 20.1 Å². The molecule has 13 heteroatoms. The molecule has 12 nitrogen and oxygen atoms in total. The van der Waals surface area contributed by atoms with Crippen LogP contribution >= 0.6 is 11.8 Å². The summed E-state index contributed by atoms with van der Waals surface area (Å²) in [5.74, 6) is -0.855. The number of rotatable bonds is 4. The largest absolute Gasteiger partial charge is 0.347 e. The molecule has 2 aliphatic rings. The summed E-state index contributed by atoms with van der Waals surface area (Å²) in [5, 5.41) is 4.71. The topological polar surface area (TPSA) is 139 Å². The molecule has 158 valence electrons. The van der Waals surface area contributed by atoms with Crippen LogP contribution < -0.4 is 11.2 Å². The number of hydrogen-bond donors (Lipinski definition) is 1. The molecule has 5 heterocycles. The van der Waals surface area contributed by atoms with E-state index >= 15 is 0 Å². The molecule has 1 N–H and O–H groups in total. The summed E-state index contributed by atoms with van der Waals surface area (Å²) in [6.07, 6.45) is 3.78. The van der Waals surface area contributed by atoms with Crippen molar-refractivity contribution < 1.29 is 14.2 Å². The molecule has 0 unspecified atom stereocenters. The summed E-state index contributed by atoms with van der Waals surface area (Å²) in [6, 6.07) is 0. The first-order chi connectivity index (χ1) is 14.4. The maximum atomic E-state index is 12.3. The second-order valence-corrected chi connectivity index (χ2v) is 8.26. The average Bonchev–Trinajstić information content (AvgIpc) is 3.34. The summed E-state index contributed by atoms with van der Waals surface area (Å²) in [4.78, 5) is 38.9. The van der Waals surface area contributed by atoms with Gasteiger partial charge >= 0.3 is 5.69 Å². The number of aromatic amines is 1. The molecule has 2 aliphatic heterocycles. The van der Waals surface area contributed by atoms with Crippen molar-refractivity contribution in [1.29, 1.82) is 0 Å². The van der Waals surface area contributed by atoms with Crippen molar-refractivity contribution in [3.8, 4) is 0 Å². The molecule has 0 radical (unpaired) electrons. The van der Waals surface area contributed by atoms with Gasteiger partial charge in [0.05, 0.1) is 12.9 Å². The van der Waals surface area contributed by atoms with E-state index in [1.54, 1.807) is 20.2 Å². The Balaban J connectivity index is 1.50. The zero-order valence-corrected chi connectivity index (χ0v) is 17.2. The van der Waals surface area contributed by atoms with Gasteiger partial charge in [-0.1, -0.05) is 0 Å². The molecular formula is C17H19N7O5S. The maximum Gasteiger partial charge on any atom is 0.347 e. The summed E-state index contributed by atoms with van der Waals surface area (Å²) in [7, 11) is 0. The smallest absolute Gasteiger partial charge is 0.345 e. The summed E-state index contributed by atoms with van der Waals surface area (Å²) >= 11 is 1.49. The molecule has 0 saturated carbocycles. The van der Waals surface area contributed by atoms with Crippen molar-refractivity contribution in [2.75, 3.05) is 6.26 Å². The summed E-state index contributed by atoms with van der Waals surface area (Å²) < 4.78 is 21.2. The summed E-state index contributed by atoms with van der Waals surface area (Å²) in [6.45, 7) is 3.97. The Bertz CT molecular complexity index is 1220. The van der Waals surface area contributed by atoms with E-state index in [1.165, 1.54) is 18.1 Å². The fourth-order valence-corrected chi connectivity index (χ4v) is 4.37. The van der Waals surface area contributed by atoms with Gasteiger partial charge in [0.15, 0.2) is 17.7 Å². The number of hydrogen-bond acceptors (Lipinski definition) is 10. The standard InChI is InChI=1S/C17H19N7O5S/c1-17(2)28-11-8(5-23-7-20-10-13(23)18-6-19-14(10)30-3)27-15(12(11)29-17)24-16(26)22-9(25)4-21-24/h4,6-8,11-12,15H,5H2,1-3H3,(H,22,25,26)/t8-,11-,12-,15-/m1/s1. The van der Waals surface area contributed by atoms with Crippen molar-refractivity contribution in [2.45, 2.75) is 55.7 Å². The van der Waals surface area contributed by atoms with Crippen molar-refractivity contribution >= 4 is 22.9 Å². The van der Waals surface area contributed by atoms with Crippen LogP contribution in [0.5, 0.6) is 0 Å². The highest BCUT2D eigenvalue weighted by molar-refractivity contribution is 7.98. The van der Waals surface area contributed by atoms with Gasteiger partial charge in [0, 0.05) is 0 Å².